The topological polar surface area (TPSA) is 30.2 Å². The first kappa shape index (κ1) is 7.06. The molecule has 0 saturated heterocycles. The van der Waals surface area contributed by atoms with E-state index in [1.54, 1.807) is 0 Å². The van der Waals surface area contributed by atoms with Crippen molar-refractivity contribution in [2.24, 2.45) is 0 Å². The molecule has 2 heterocycles. The predicted molar refractivity (Wildman–Crippen MR) is 49.7 cm³/mol. The van der Waals surface area contributed by atoms with E-state index in [1.807, 2.05) is 19.3 Å². The van der Waals surface area contributed by atoms with Crippen LogP contribution in [0.4, 0.5) is 0 Å². The number of rotatable bonds is 1. The molecule has 1 saturated carbocycles. The molecule has 0 N–H and O–H groups in total. The molecular weight excluding hydrogens is 162 g/mol. The summed E-state index contributed by atoms with van der Waals surface area (Å²) in [4.78, 5) is 8.73. The lowest BCUT2D eigenvalue weighted by molar-refractivity contribution is 0.970. The fourth-order valence-corrected chi connectivity index (χ4v) is 1.63. The van der Waals surface area contributed by atoms with Gasteiger partial charge in [0.1, 0.15) is 0 Å². The molecule has 66 valence electrons. The maximum Gasteiger partial charge on any atom is 0.155 e. The van der Waals surface area contributed by atoms with Crippen molar-refractivity contribution in [2.75, 3.05) is 0 Å². The number of aryl methyl sites for hydroxylation is 1. The summed E-state index contributed by atoms with van der Waals surface area (Å²) in [5, 5.41) is 0. The molecule has 2 aromatic rings. The van der Waals surface area contributed by atoms with Gasteiger partial charge in [0.15, 0.2) is 5.65 Å². The normalized spacial score (nSPS) is 16.7. The molecule has 3 heteroatoms. The first-order valence-corrected chi connectivity index (χ1v) is 4.64. The van der Waals surface area contributed by atoms with Gasteiger partial charge >= 0.3 is 0 Å². The highest BCUT2D eigenvalue weighted by Gasteiger charge is 2.25. The summed E-state index contributed by atoms with van der Waals surface area (Å²) in [5.74, 6) is 0.715. The first-order valence-electron chi connectivity index (χ1n) is 4.64. The van der Waals surface area contributed by atoms with Crippen molar-refractivity contribution in [3.8, 4) is 0 Å². The number of imidazole rings is 1. The van der Waals surface area contributed by atoms with Crippen LogP contribution < -0.4 is 0 Å². The monoisotopic (exact) mass is 173 g/mol. The molecule has 1 fully saturated rings. The SMILES string of the molecule is Cc1cn2cc(C3CC3)ncc2n1. The highest BCUT2D eigenvalue weighted by atomic mass is 15.0. The Morgan fingerprint density at radius 3 is 3.00 bits per heavy atom. The first-order chi connectivity index (χ1) is 6.33. The van der Waals surface area contributed by atoms with E-state index >= 15 is 0 Å². The van der Waals surface area contributed by atoms with Crippen LogP contribution in [0.15, 0.2) is 18.6 Å². The third-order valence-electron chi connectivity index (χ3n) is 2.48. The molecule has 0 amide bonds. The molecule has 0 atom stereocenters. The van der Waals surface area contributed by atoms with Crippen molar-refractivity contribution in [1.29, 1.82) is 0 Å². The Hall–Kier alpha value is -1.38. The zero-order chi connectivity index (χ0) is 8.84. The average molecular weight is 173 g/mol. The van der Waals surface area contributed by atoms with Crippen LogP contribution in [0.25, 0.3) is 5.65 Å². The molecule has 0 aliphatic heterocycles. The molecule has 0 bridgehead atoms. The van der Waals surface area contributed by atoms with Crippen molar-refractivity contribution in [2.45, 2.75) is 25.7 Å². The lowest BCUT2D eigenvalue weighted by Crippen LogP contribution is -1.91. The summed E-state index contributed by atoms with van der Waals surface area (Å²) in [6.07, 6.45) is 8.61. The highest BCUT2D eigenvalue weighted by Crippen LogP contribution is 2.38. The third-order valence-corrected chi connectivity index (χ3v) is 2.48. The summed E-state index contributed by atoms with van der Waals surface area (Å²) in [5.41, 5.74) is 3.21. The van der Waals surface area contributed by atoms with Crippen LogP contribution in [0, 0.1) is 6.92 Å². The molecule has 1 aliphatic carbocycles. The van der Waals surface area contributed by atoms with Crippen molar-refractivity contribution in [1.82, 2.24) is 14.4 Å². The lowest BCUT2D eigenvalue weighted by atomic mass is 10.3. The minimum atomic E-state index is 0.715. The Morgan fingerprint density at radius 1 is 1.38 bits per heavy atom. The van der Waals surface area contributed by atoms with E-state index in [0.29, 0.717) is 5.92 Å². The van der Waals surface area contributed by atoms with Gasteiger partial charge in [0.05, 0.1) is 17.6 Å². The van der Waals surface area contributed by atoms with Crippen LogP contribution in [0.1, 0.15) is 30.1 Å². The quantitative estimate of drug-likeness (QED) is 0.659. The minimum absolute atomic E-state index is 0.715. The lowest BCUT2D eigenvalue weighted by Gasteiger charge is -1.97. The van der Waals surface area contributed by atoms with Gasteiger partial charge in [-0.25, -0.2) is 4.98 Å². The molecule has 0 radical (unpaired) electrons. The molecule has 2 aromatic heterocycles. The summed E-state index contributed by atoms with van der Waals surface area (Å²) in [6.45, 7) is 2.00. The van der Waals surface area contributed by atoms with Gasteiger partial charge < -0.3 is 4.40 Å². The van der Waals surface area contributed by atoms with E-state index in [4.69, 9.17) is 0 Å². The van der Waals surface area contributed by atoms with E-state index in [2.05, 4.69) is 20.6 Å². The van der Waals surface area contributed by atoms with Crippen LogP contribution >= 0.6 is 0 Å². The van der Waals surface area contributed by atoms with Crippen molar-refractivity contribution >= 4 is 5.65 Å². The van der Waals surface area contributed by atoms with Crippen molar-refractivity contribution in [3.63, 3.8) is 0 Å². The van der Waals surface area contributed by atoms with Gasteiger partial charge in [0, 0.05) is 18.3 Å². The Labute approximate surface area is 76.4 Å². The van der Waals surface area contributed by atoms with Crippen LogP contribution in [-0.2, 0) is 0 Å². The van der Waals surface area contributed by atoms with Crippen molar-refractivity contribution in [3.05, 3.63) is 30.0 Å². The summed E-state index contributed by atoms with van der Waals surface area (Å²) in [7, 11) is 0. The smallest absolute Gasteiger partial charge is 0.155 e. The summed E-state index contributed by atoms with van der Waals surface area (Å²) in [6, 6.07) is 0. The van der Waals surface area contributed by atoms with Crippen LogP contribution in [0.2, 0.25) is 0 Å². The van der Waals surface area contributed by atoms with Crippen LogP contribution in [0.3, 0.4) is 0 Å². The maximum absolute atomic E-state index is 4.40. The van der Waals surface area contributed by atoms with Gasteiger partial charge in [0.2, 0.25) is 0 Å². The zero-order valence-electron chi connectivity index (χ0n) is 7.57. The molecule has 13 heavy (non-hydrogen) atoms. The fraction of sp³-hybridized carbons (Fsp3) is 0.400. The summed E-state index contributed by atoms with van der Waals surface area (Å²) < 4.78 is 2.07. The number of fused-ring (bicyclic) bond motifs is 1. The van der Waals surface area contributed by atoms with E-state index in [0.717, 1.165) is 11.3 Å². The Morgan fingerprint density at radius 2 is 2.23 bits per heavy atom. The highest BCUT2D eigenvalue weighted by molar-refractivity contribution is 5.38. The van der Waals surface area contributed by atoms with Gasteiger partial charge in [-0.3, -0.25) is 4.98 Å². The molecule has 3 rings (SSSR count). The molecular formula is C10H11N3. The van der Waals surface area contributed by atoms with Gasteiger partial charge in [-0.2, -0.15) is 0 Å². The van der Waals surface area contributed by atoms with E-state index < -0.39 is 0 Å². The zero-order valence-corrected chi connectivity index (χ0v) is 7.57. The second kappa shape index (κ2) is 2.31. The van der Waals surface area contributed by atoms with Gasteiger partial charge in [0.25, 0.3) is 0 Å². The van der Waals surface area contributed by atoms with E-state index in [-0.39, 0.29) is 0 Å². The number of hydrogen-bond donors (Lipinski definition) is 0. The third kappa shape index (κ3) is 1.11. The molecule has 1 aliphatic rings. The van der Waals surface area contributed by atoms with E-state index in [1.165, 1.54) is 18.5 Å². The molecule has 0 aromatic carbocycles. The largest absolute Gasteiger partial charge is 0.304 e. The molecule has 0 spiro atoms. The maximum atomic E-state index is 4.40. The summed E-state index contributed by atoms with van der Waals surface area (Å²) >= 11 is 0. The number of nitrogens with zero attached hydrogens (tertiary/aromatic N) is 3. The van der Waals surface area contributed by atoms with Gasteiger partial charge in [-0.15, -0.1) is 0 Å². The molecule has 0 unspecified atom stereocenters. The number of aromatic nitrogens is 3. The average Bonchev–Trinajstić information content (AvgIpc) is 2.87. The van der Waals surface area contributed by atoms with Gasteiger partial charge in [-0.05, 0) is 19.8 Å². The Kier molecular flexibility index (Phi) is 1.26. The Bertz CT molecular complexity index is 454. The fourth-order valence-electron chi connectivity index (χ4n) is 1.63. The van der Waals surface area contributed by atoms with E-state index in [9.17, 15) is 0 Å². The minimum Gasteiger partial charge on any atom is -0.304 e. The Balaban J connectivity index is 2.20. The second-order valence-corrected chi connectivity index (χ2v) is 3.73. The van der Waals surface area contributed by atoms with Crippen LogP contribution in [0.5, 0.6) is 0 Å². The van der Waals surface area contributed by atoms with Crippen molar-refractivity contribution < 1.29 is 0 Å². The standard InChI is InChI=1S/C10H11N3/c1-7-5-13-6-9(8-2-3-8)11-4-10(13)12-7/h4-6,8H,2-3H2,1H3. The van der Waals surface area contributed by atoms with Crippen LogP contribution in [-0.4, -0.2) is 14.4 Å². The predicted octanol–water partition coefficient (Wildman–Crippen LogP) is 1.92. The number of hydrogen-bond acceptors (Lipinski definition) is 2. The van der Waals surface area contributed by atoms with Gasteiger partial charge in [-0.1, -0.05) is 0 Å². The second-order valence-electron chi connectivity index (χ2n) is 3.73. The molecule has 3 nitrogen and oxygen atoms in total.